The number of aromatic nitrogens is 3. The molecule has 1 amide bonds. The van der Waals surface area contributed by atoms with Crippen LogP contribution in [0, 0.1) is 0 Å². The summed E-state index contributed by atoms with van der Waals surface area (Å²) in [4.78, 5) is 14.8. The van der Waals surface area contributed by atoms with Gasteiger partial charge in [-0.15, -0.1) is 10.2 Å². The van der Waals surface area contributed by atoms with Crippen LogP contribution in [0.2, 0.25) is 0 Å². The van der Waals surface area contributed by atoms with E-state index >= 15 is 0 Å². The molecular formula is C19H24N4O3S. The first-order valence-corrected chi connectivity index (χ1v) is 10.3. The number of carbonyl (C=O) groups is 1. The van der Waals surface area contributed by atoms with Gasteiger partial charge in [0.25, 0.3) is 0 Å². The van der Waals surface area contributed by atoms with Crippen molar-refractivity contribution in [2.45, 2.75) is 50.4 Å². The lowest BCUT2D eigenvalue weighted by molar-refractivity contribution is -0.134. The number of hydrogen-bond acceptors (Lipinski definition) is 6. The van der Waals surface area contributed by atoms with Gasteiger partial charge in [-0.05, 0) is 51.3 Å². The Morgan fingerprint density at radius 1 is 1.19 bits per heavy atom. The molecule has 2 aliphatic heterocycles. The number of likely N-dealkylation sites (tertiary alicyclic amines) is 1. The van der Waals surface area contributed by atoms with Gasteiger partial charge in [0.2, 0.25) is 12.7 Å². The van der Waals surface area contributed by atoms with Crippen molar-refractivity contribution in [2.75, 3.05) is 12.5 Å². The Hall–Kier alpha value is -2.22. The van der Waals surface area contributed by atoms with Gasteiger partial charge >= 0.3 is 0 Å². The highest BCUT2D eigenvalue weighted by atomic mass is 32.2. The molecule has 1 saturated heterocycles. The molecule has 2 atom stereocenters. The summed E-state index contributed by atoms with van der Waals surface area (Å²) in [6.45, 7) is 4.52. The Kier molecular flexibility index (Phi) is 4.99. The Morgan fingerprint density at radius 2 is 1.93 bits per heavy atom. The predicted molar refractivity (Wildman–Crippen MR) is 103 cm³/mol. The van der Waals surface area contributed by atoms with Gasteiger partial charge in [0.05, 0.1) is 5.75 Å². The van der Waals surface area contributed by atoms with Crippen LogP contribution >= 0.6 is 11.8 Å². The molecule has 1 aromatic heterocycles. The van der Waals surface area contributed by atoms with Crippen molar-refractivity contribution in [1.82, 2.24) is 19.7 Å². The molecule has 0 radical (unpaired) electrons. The van der Waals surface area contributed by atoms with Gasteiger partial charge in [-0.25, -0.2) is 0 Å². The highest BCUT2D eigenvalue weighted by Crippen LogP contribution is 2.36. The molecule has 2 unspecified atom stereocenters. The van der Waals surface area contributed by atoms with Crippen LogP contribution in [0.5, 0.6) is 11.5 Å². The first-order chi connectivity index (χ1) is 13.0. The maximum atomic E-state index is 12.7. The number of piperidine rings is 1. The maximum Gasteiger partial charge on any atom is 0.233 e. The van der Waals surface area contributed by atoms with E-state index in [1.54, 1.807) is 0 Å². The second-order valence-corrected chi connectivity index (χ2v) is 8.09. The summed E-state index contributed by atoms with van der Waals surface area (Å²) in [6.07, 6.45) is 3.36. The standard InChI is InChI=1S/C19H24N4O3S/c1-12-5-4-6-13(2)23(12)17(24)10-27-19-21-20-18(22(19)3)14-7-8-15-16(9-14)26-11-25-15/h7-9,12-13H,4-6,10-11H2,1-3H3. The zero-order valence-electron chi connectivity index (χ0n) is 15.8. The largest absolute Gasteiger partial charge is 0.454 e. The molecule has 4 rings (SSSR count). The van der Waals surface area contributed by atoms with Crippen LogP contribution in [0.25, 0.3) is 11.4 Å². The second-order valence-electron chi connectivity index (χ2n) is 7.15. The average molecular weight is 388 g/mol. The van der Waals surface area contributed by atoms with Gasteiger partial charge in [0.1, 0.15) is 0 Å². The van der Waals surface area contributed by atoms with Crippen molar-refractivity contribution >= 4 is 17.7 Å². The van der Waals surface area contributed by atoms with Crippen LogP contribution in [-0.2, 0) is 11.8 Å². The van der Waals surface area contributed by atoms with Crippen molar-refractivity contribution in [3.63, 3.8) is 0 Å². The van der Waals surface area contributed by atoms with Crippen molar-refractivity contribution in [1.29, 1.82) is 0 Å². The van der Waals surface area contributed by atoms with E-state index in [4.69, 9.17) is 9.47 Å². The summed E-state index contributed by atoms with van der Waals surface area (Å²) >= 11 is 1.44. The molecule has 8 heteroatoms. The van der Waals surface area contributed by atoms with Gasteiger partial charge in [0.15, 0.2) is 22.5 Å². The topological polar surface area (TPSA) is 69.5 Å². The molecule has 1 aromatic carbocycles. The lowest BCUT2D eigenvalue weighted by Gasteiger charge is -2.39. The van der Waals surface area contributed by atoms with Crippen molar-refractivity contribution in [3.8, 4) is 22.9 Å². The van der Waals surface area contributed by atoms with Gasteiger partial charge in [-0.2, -0.15) is 0 Å². The Labute approximate surface area is 163 Å². The number of thioether (sulfide) groups is 1. The van der Waals surface area contributed by atoms with Crippen LogP contribution in [0.3, 0.4) is 0 Å². The van der Waals surface area contributed by atoms with E-state index in [1.165, 1.54) is 18.2 Å². The van der Waals surface area contributed by atoms with E-state index < -0.39 is 0 Å². The smallest absolute Gasteiger partial charge is 0.233 e. The van der Waals surface area contributed by atoms with Gasteiger partial charge in [-0.1, -0.05) is 11.8 Å². The van der Waals surface area contributed by atoms with E-state index in [2.05, 4.69) is 24.0 Å². The molecule has 2 aliphatic rings. The molecule has 144 valence electrons. The minimum atomic E-state index is 0.173. The Balaban J connectivity index is 1.46. The van der Waals surface area contributed by atoms with Crippen molar-refractivity contribution in [2.24, 2.45) is 7.05 Å². The molecule has 0 saturated carbocycles. The molecule has 0 bridgehead atoms. The third-order valence-electron chi connectivity index (χ3n) is 5.27. The van der Waals surface area contributed by atoms with E-state index in [0.717, 1.165) is 35.1 Å². The molecule has 1 fully saturated rings. The molecule has 3 heterocycles. The minimum Gasteiger partial charge on any atom is -0.454 e. The monoisotopic (exact) mass is 388 g/mol. The number of carbonyl (C=O) groups excluding carboxylic acids is 1. The number of benzene rings is 1. The molecule has 7 nitrogen and oxygen atoms in total. The van der Waals surface area contributed by atoms with Crippen LogP contribution in [-0.4, -0.2) is 50.2 Å². The number of ether oxygens (including phenoxy) is 2. The highest BCUT2D eigenvalue weighted by molar-refractivity contribution is 7.99. The summed E-state index contributed by atoms with van der Waals surface area (Å²) < 4.78 is 12.7. The third kappa shape index (κ3) is 3.50. The van der Waals surface area contributed by atoms with Crippen LogP contribution < -0.4 is 9.47 Å². The van der Waals surface area contributed by atoms with E-state index in [0.29, 0.717) is 23.6 Å². The third-order valence-corrected chi connectivity index (χ3v) is 6.28. The fourth-order valence-electron chi connectivity index (χ4n) is 3.84. The summed E-state index contributed by atoms with van der Waals surface area (Å²) in [5.74, 6) is 2.75. The molecule has 2 aromatic rings. The normalized spacial score (nSPS) is 21.5. The Morgan fingerprint density at radius 3 is 2.70 bits per heavy atom. The molecule has 27 heavy (non-hydrogen) atoms. The molecule has 0 N–H and O–H groups in total. The highest BCUT2D eigenvalue weighted by Gasteiger charge is 2.29. The van der Waals surface area contributed by atoms with E-state index in [-0.39, 0.29) is 12.7 Å². The lowest BCUT2D eigenvalue weighted by Crippen LogP contribution is -2.48. The van der Waals surface area contributed by atoms with Crippen LogP contribution in [0.1, 0.15) is 33.1 Å². The minimum absolute atomic E-state index is 0.173. The number of nitrogens with zero attached hydrogens (tertiary/aromatic N) is 4. The van der Waals surface area contributed by atoms with Crippen LogP contribution in [0.4, 0.5) is 0 Å². The molecule has 0 spiro atoms. The predicted octanol–water partition coefficient (Wildman–Crippen LogP) is 3.09. The quantitative estimate of drug-likeness (QED) is 0.750. The van der Waals surface area contributed by atoms with Crippen LogP contribution in [0.15, 0.2) is 23.4 Å². The SMILES string of the molecule is CC1CCCC(C)N1C(=O)CSc1nnc(-c2ccc3c(c2)OCO3)n1C. The average Bonchev–Trinajstić information content (AvgIpc) is 3.25. The van der Waals surface area contributed by atoms with Gasteiger partial charge in [-0.3, -0.25) is 4.79 Å². The summed E-state index contributed by atoms with van der Waals surface area (Å²) in [7, 11) is 1.92. The van der Waals surface area contributed by atoms with Crippen molar-refractivity contribution in [3.05, 3.63) is 18.2 Å². The zero-order chi connectivity index (χ0) is 19.0. The molecule has 0 aliphatic carbocycles. The van der Waals surface area contributed by atoms with Gasteiger partial charge in [0, 0.05) is 24.7 Å². The Bertz CT molecular complexity index is 843. The van der Waals surface area contributed by atoms with Gasteiger partial charge < -0.3 is 18.9 Å². The van der Waals surface area contributed by atoms with E-state index in [1.807, 2.05) is 34.7 Å². The second kappa shape index (κ2) is 7.42. The fraction of sp³-hybridized carbons (Fsp3) is 0.526. The number of amides is 1. The van der Waals surface area contributed by atoms with E-state index in [9.17, 15) is 4.79 Å². The zero-order valence-corrected chi connectivity index (χ0v) is 16.7. The summed E-state index contributed by atoms with van der Waals surface area (Å²) in [6, 6.07) is 6.34. The number of hydrogen-bond donors (Lipinski definition) is 0. The number of fused-ring (bicyclic) bond motifs is 1. The summed E-state index contributed by atoms with van der Waals surface area (Å²) in [5.41, 5.74) is 0.908. The first-order valence-electron chi connectivity index (χ1n) is 9.28. The number of rotatable bonds is 4. The molecular weight excluding hydrogens is 364 g/mol. The fourth-order valence-corrected chi connectivity index (χ4v) is 4.62. The first kappa shape index (κ1) is 18.2. The maximum absolute atomic E-state index is 12.7. The lowest BCUT2D eigenvalue weighted by atomic mass is 9.98. The summed E-state index contributed by atoms with van der Waals surface area (Å²) in [5, 5.41) is 9.31. The van der Waals surface area contributed by atoms with Crippen molar-refractivity contribution < 1.29 is 14.3 Å².